The number of aliphatic hydroxyl groups excluding tert-OH is 1. The standard InChI is InChI=1S/C15H12Cl2FNO2/c16-10-3-6-13(17)12(7-10)15(21)19-8-14(20)9-1-4-11(18)5-2-9/h1-7,14,20H,8H2,(H,19,21). The van der Waals surface area contributed by atoms with Crippen molar-refractivity contribution in [3.63, 3.8) is 0 Å². The molecule has 0 radical (unpaired) electrons. The van der Waals surface area contributed by atoms with Gasteiger partial charge in [0, 0.05) is 11.6 Å². The molecule has 6 heteroatoms. The van der Waals surface area contributed by atoms with Crippen LogP contribution in [-0.2, 0) is 0 Å². The third-order valence-electron chi connectivity index (χ3n) is 2.88. The molecule has 0 bridgehead atoms. The Bertz CT molecular complexity index is 647. The van der Waals surface area contributed by atoms with Crippen molar-refractivity contribution in [2.24, 2.45) is 0 Å². The minimum atomic E-state index is -0.937. The Labute approximate surface area is 131 Å². The summed E-state index contributed by atoms with van der Waals surface area (Å²) in [4.78, 5) is 12.0. The van der Waals surface area contributed by atoms with Gasteiger partial charge < -0.3 is 10.4 Å². The molecule has 21 heavy (non-hydrogen) atoms. The fraction of sp³-hybridized carbons (Fsp3) is 0.133. The zero-order valence-electron chi connectivity index (χ0n) is 10.8. The van der Waals surface area contributed by atoms with Gasteiger partial charge >= 0.3 is 0 Å². The number of nitrogens with one attached hydrogen (secondary N) is 1. The minimum Gasteiger partial charge on any atom is -0.387 e. The number of amides is 1. The van der Waals surface area contributed by atoms with Crippen LogP contribution in [-0.4, -0.2) is 17.6 Å². The number of hydrogen-bond acceptors (Lipinski definition) is 2. The molecule has 2 aromatic rings. The number of benzene rings is 2. The number of hydrogen-bond donors (Lipinski definition) is 2. The van der Waals surface area contributed by atoms with Crippen LogP contribution in [0.2, 0.25) is 10.0 Å². The summed E-state index contributed by atoms with van der Waals surface area (Å²) < 4.78 is 12.8. The van der Waals surface area contributed by atoms with E-state index in [1.165, 1.54) is 36.4 Å². The van der Waals surface area contributed by atoms with Crippen LogP contribution in [0.3, 0.4) is 0 Å². The van der Waals surface area contributed by atoms with Crippen LogP contribution < -0.4 is 5.32 Å². The van der Waals surface area contributed by atoms with E-state index in [-0.39, 0.29) is 22.9 Å². The average molecular weight is 328 g/mol. The Morgan fingerprint density at radius 1 is 1.19 bits per heavy atom. The topological polar surface area (TPSA) is 49.3 Å². The van der Waals surface area contributed by atoms with Crippen molar-refractivity contribution < 1.29 is 14.3 Å². The van der Waals surface area contributed by atoms with E-state index in [0.29, 0.717) is 10.6 Å². The maximum absolute atomic E-state index is 12.8. The zero-order chi connectivity index (χ0) is 15.4. The molecule has 0 aliphatic rings. The van der Waals surface area contributed by atoms with Crippen molar-refractivity contribution in [3.05, 3.63) is 69.5 Å². The number of carbonyl (C=O) groups is 1. The summed E-state index contributed by atoms with van der Waals surface area (Å²) in [7, 11) is 0. The summed E-state index contributed by atoms with van der Waals surface area (Å²) in [6.45, 7) is -0.0205. The minimum absolute atomic E-state index is 0.0205. The SMILES string of the molecule is O=C(NCC(O)c1ccc(F)cc1)c1cc(Cl)ccc1Cl. The lowest BCUT2D eigenvalue weighted by Crippen LogP contribution is -2.28. The number of rotatable bonds is 4. The van der Waals surface area contributed by atoms with Crippen LogP contribution in [0.5, 0.6) is 0 Å². The summed E-state index contributed by atoms with van der Waals surface area (Å²) in [5.41, 5.74) is 0.740. The largest absolute Gasteiger partial charge is 0.387 e. The third-order valence-corrected chi connectivity index (χ3v) is 3.45. The molecule has 0 heterocycles. The van der Waals surface area contributed by atoms with Gasteiger partial charge in [-0.2, -0.15) is 0 Å². The highest BCUT2D eigenvalue weighted by atomic mass is 35.5. The monoisotopic (exact) mass is 327 g/mol. The van der Waals surface area contributed by atoms with Gasteiger partial charge in [-0.1, -0.05) is 35.3 Å². The van der Waals surface area contributed by atoms with Gasteiger partial charge in [-0.25, -0.2) is 4.39 Å². The lowest BCUT2D eigenvalue weighted by molar-refractivity contribution is 0.0916. The molecular weight excluding hydrogens is 316 g/mol. The summed E-state index contributed by atoms with van der Waals surface area (Å²) >= 11 is 11.7. The van der Waals surface area contributed by atoms with E-state index in [4.69, 9.17) is 23.2 Å². The molecular formula is C15H12Cl2FNO2. The maximum Gasteiger partial charge on any atom is 0.252 e. The van der Waals surface area contributed by atoms with E-state index in [1.54, 1.807) is 6.07 Å². The second kappa shape index (κ2) is 6.89. The molecule has 1 atom stereocenters. The Balaban J connectivity index is 2.00. The maximum atomic E-state index is 12.8. The predicted octanol–water partition coefficient (Wildman–Crippen LogP) is 3.60. The second-order valence-corrected chi connectivity index (χ2v) is 5.25. The van der Waals surface area contributed by atoms with Gasteiger partial charge in [-0.15, -0.1) is 0 Å². The average Bonchev–Trinajstić information content (AvgIpc) is 2.47. The Morgan fingerprint density at radius 2 is 1.86 bits per heavy atom. The van der Waals surface area contributed by atoms with Gasteiger partial charge in [0.2, 0.25) is 0 Å². The molecule has 0 saturated heterocycles. The van der Waals surface area contributed by atoms with E-state index in [1.807, 2.05) is 0 Å². The Kier molecular flexibility index (Phi) is 5.17. The summed E-state index contributed by atoms with van der Waals surface area (Å²) in [6, 6.07) is 9.95. The molecule has 0 saturated carbocycles. The van der Waals surface area contributed by atoms with Crippen LogP contribution in [0.15, 0.2) is 42.5 Å². The summed E-state index contributed by atoms with van der Waals surface area (Å²) in [5, 5.41) is 13.2. The second-order valence-electron chi connectivity index (χ2n) is 4.40. The van der Waals surface area contributed by atoms with E-state index >= 15 is 0 Å². The highest BCUT2D eigenvalue weighted by molar-refractivity contribution is 6.35. The molecule has 1 amide bonds. The molecule has 0 spiro atoms. The van der Waals surface area contributed by atoms with Crippen molar-refractivity contribution in [1.29, 1.82) is 0 Å². The normalized spacial score (nSPS) is 12.0. The molecule has 3 nitrogen and oxygen atoms in total. The van der Waals surface area contributed by atoms with Crippen molar-refractivity contribution in [2.75, 3.05) is 6.54 Å². The number of halogens is 3. The number of aliphatic hydroxyl groups is 1. The lowest BCUT2D eigenvalue weighted by Gasteiger charge is -2.13. The van der Waals surface area contributed by atoms with Crippen LogP contribution in [0, 0.1) is 5.82 Å². The summed E-state index contributed by atoms with van der Waals surface area (Å²) in [6.07, 6.45) is -0.937. The van der Waals surface area contributed by atoms with Crippen molar-refractivity contribution in [1.82, 2.24) is 5.32 Å². The first kappa shape index (κ1) is 15.8. The molecule has 0 aliphatic heterocycles. The Morgan fingerprint density at radius 3 is 2.52 bits per heavy atom. The fourth-order valence-corrected chi connectivity index (χ4v) is 2.13. The van der Waals surface area contributed by atoms with E-state index < -0.39 is 12.0 Å². The molecule has 110 valence electrons. The van der Waals surface area contributed by atoms with Crippen LogP contribution >= 0.6 is 23.2 Å². The first-order valence-corrected chi connectivity index (χ1v) is 6.90. The van der Waals surface area contributed by atoms with Gasteiger partial charge in [0.15, 0.2) is 0 Å². The van der Waals surface area contributed by atoms with Crippen molar-refractivity contribution >= 4 is 29.1 Å². The predicted molar refractivity (Wildman–Crippen MR) is 80.2 cm³/mol. The van der Waals surface area contributed by atoms with Gasteiger partial charge in [0.1, 0.15) is 5.82 Å². The van der Waals surface area contributed by atoms with Gasteiger partial charge in [-0.05, 0) is 35.9 Å². The molecule has 2 N–H and O–H groups in total. The highest BCUT2D eigenvalue weighted by Gasteiger charge is 2.13. The van der Waals surface area contributed by atoms with Crippen molar-refractivity contribution in [2.45, 2.75) is 6.10 Å². The quantitative estimate of drug-likeness (QED) is 0.901. The lowest BCUT2D eigenvalue weighted by atomic mass is 10.1. The van der Waals surface area contributed by atoms with Gasteiger partial charge in [0.05, 0.1) is 16.7 Å². The molecule has 0 aliphatic carbocycles. The first-order chi connectivity index (χ1) is 9.97. The van der Waals surface area contributed by atoms with E-state index in [2.05, 4.69) is 5.32 Å². The van der Waals surface area contributed by atoms with E-state index in [0.717, 1.165) is 0 Å². The van der Waals surface area contributed by atoms with E-state index in [9.17, 15) is 14.3 Å². The van der Waals surface area contributed by atoms with Crippen molar-refractivity contribution in [3.8, 4) is 0 Å². The van der Waals surface area contributed by atoms with Gasteiger partial charge in [-0.3, -0.25) is 4.79 Å². The first-order valence-electron chi connectivity index (χ1n) is 6.14. The molecule has 2 aromatic carbocycles. The highest BCUT2D eigenvalue weighted by Crippen LogP contribution is 2.20. The summed E-state index contributed by atoms with van der Waals surface area (Å²) in [5.74, 6) is -0.829. The Hall–Kier alpha value is -1.62. The molecule has 0 aromatic heterocycles. The molecule has 1 unspecified atom stereocenters. The van der Waals surface area contributed by atoms with Crippen LogP contribution in [0.1, 0.15) is 22.0 Å². The smallest absolute Gasteiger partial charge is 0.252 e. The third kappa shape index (κ3) is 4.17. The molecule has 2 rings (SSSR count). The zero-order valence-corrected chi connectivity index (χ0v) is 12.3. The van der Waals surface area contributed by atoms with Crippen LogP contribution in [0.4, 0.5) is 4.39 Å². The van der Waals surface area contributed by atoms with Crippen LogP contribution in [0.25, 0.3) is 0 Å². The van der Waals surface area contributed by atoms with Gasteiger partial charge in [0.25, 0.3) is 5.91 Å². The fourth-order valence-electron chi connectivity index (χ4n) is 1.76. The molecule has 0 fully saturated rings. The number of carbonyl (C=O) groups excluding carboxylic acids is 1.